The first kappa shape index (κ1) is 15.1. The second kappa shape index (κ2) is 5.28. The van der Waals surface area contributed by atoms with Crippen molar-refractivity contribution in [2.24, 2.45) is 5.92 Å². The van der Waals surface area contributed by atoms with E-state index in [-0.39, 0.29) is 17.6 Å². The van der Waals surface area contributed by atoms with Gasteiger partial charge in [-0.1, -0.05) is 12.2 Å². The Balaban J connectivity index is 1.67. The maximum absolute atomic E-state index is 10.9. The maximum Gasteiger partial charge on any atom is 0.231 e. The molecule has 3 heterocycles. The number of nitrogens with zero attached hydrogens (tertiary/aromatic N) is 1. The molecule has 2 aliphatic heterocycles. The molecule has 2 aromatic rings. The van der Waals surface area contributed by atoms with Gasteiger partial charge in [0.05, 0.1) is 24.0 Å². The predicted molar refractivity (Wildman–Crippen MR) is 99.1 cm³/mol. The Bertz CT molecular complexity index is 1100. The lowest BCUT2D eigenvalue weighted by atomic mass is 9.77. The first-order valence-electron chi connectivity index (χ1n) is 9.42. The molecule has 136 valence electrons. The molecule has 1 saturated heterocycles. The van der Waals surface area contributed by atoms with Crippen LogP contribution in [-0.4, -0.2) is 19.0 Å². The molecular weight excluding hydrogens is 342 g/mol. The average Bonchev–Trinajstić information content (AvgIpc) is 3.34. The Labute approximate surface area is 156 Å². The number of ether oxygens (including phenoxy) is 3. The van der Waals surface area contributed by atoms with Crippen LogP contribution in [0.15, 0.2) is 41.9 Å². The van der Waals surface area contributed by atoms with Gasteiger partial charge in [-0.05, 0) is 24.3 Å². The SMILES string of the molecule is COc1ccc2c3c([n+]4c(c2c1O)CCC4)[C@@H]1C=C2OCOC2=C[C@H]1C=C3. The van der Waals surface area contributed by atoms with Crippen LogP contribution >= 0.6 is 0 Å². The molecule has 1 fully saturated rings. The van der Waals surface area contributed by atoms with Gasteiger partial charge in [0, 0.05) is 24.1 Å². The minimum absolute atomic E-state index is 0.218. The van der Waals surface area contributed by atoms with Crippen LogP contribution in [0.2, 0.25) is 0 Å². The van der Waals surface area contributed by atoms with E-state index in [4.69, 9.17) is 14.2 Å². The summed E-state index contributed by atoms with van der Waals surface area (Å²) in [6.07, 6.45) is 10.9. The number of rotatable bonds is 1. The van der Waals surface area contributed by atoms with E-state index in [0.717, 1.165) is 41.7 Å². The van der Waals surface area contributed by atoms with Crippen LogP contribution in [0.1, 0.15) is 29.3 Å². The molecule has 0 radical (unpaired) electrons. The van der Waals surface area contributed by atoms with Gasteiger partial charge < -0.3 is 19.3 Å². The van der Waals surface area contributed by atoms with Crippen molar-refractivity contribution in [3.8, 4) is 11.5 Å². The lowest BCUT2D eigenvalue weighted by Crippen LogP contribution is -2.42. The monoisotopic (exact) mass is 362 g/mol. The van der Waals surface area contributed by atoms with E-state index in [1.807, 2.05) is 6.07 Å². The fourth-order valence-electron chi connectivity index (χ4n) is 5.03. The van der Waals surface area contributed by atoms with Crippen molar-refractivity contribution in [2.45, 2.75) is 25.3 Å². The number of hydrogen-bond donors (Lipinski definition) is 1. The summed E-state index contributed by atoms with van der Waals surface area (Å²) in [6.45, 7) is 1.27. The number of methoxy groups -OCH3 is 1. The number of pyridine rings is 1. The van der Waals surface area contributed by atoms with Crippen LogP contribution in [0.25, 0.3) is 16.8 Å². The Kier molecular flexibility index (Phi) is 2.96. The fraction of sp³-hybridized carbons (Fsp3) is 0.318. The van der Waals surface area contributed by atoms with E-state index in [9.17, 15) is 5.11 Å². The molecule has 0 spiro atoms. The average molecular weight is 362 g/mol. The molecule has 5 heteroatoms. The van der Waals surface area contributed by atoms with Crippen molar-refractivity contribution >= 4 is 16.8 Å². The number of phenols is 1. The minimum Gasteiger partial charge on any atom is -0.504 e. The van der Waals surface area contributed by atoms with Crippen LogP contribution in [-0.2, 0) is 22.4 Å². The van der Waals surface area contributed by atoms with Crippen LogP contribution in [0.5, 0.6) is 11.5 Å². The van der Waals surface area contributed by atoms with Crippen LogP contribution in [0.3, 0.4) is 0 Å². The Morgan fingerprint density at radius 2 is 2.04 bits per heavy atom. The summed E-state index contributed by atoms with van der Waals surface area (Å²) in [5.74, 6) is 2.96. The first-order chi connectivity index (χ1) is 13.3. The summed E-state index contributed by atoms with van der Waals surface area (Å²) in [5, 5.41) is 12.9. The first-order valence-corrected chi connectivity index (χ1v) is 9.42. The number of benzene rings is 1. The Morgan fingerprint density at radius 1 is 1.19 bits per heavy atom. The van der Waals surface area contributed by atoms with E-state index in [1.165, 1.54) is 17.0 Å². The third-order valence-electron chi connectivity index (χ3n) is 6.19. The van der Waals surface area contributed by atoms with Gasteiger partial charge in [-0.15, -0.1) is 0 Å². The molecule has 1 aromatic heterocycles. The molecule has 4 aliphatic rings. The third-order valence-corrected chi connectivity index (χ3v) is 6.19. The van der Waals surface area contributed by atoms with Gasteiger partial charge in [0.25, 0.3) is 0 Å². The topological polar surface area (TPSA) is 51.8 Å². The van der Waals surface area contributed by atoms with E-state index in [2.05, 4.69) is 34.9 Å². The molecule has 0 amide bonds. The number of allylic oxidation sites excluding steroid dienone is 3. The second-order valence-corrected chi connectivity index (χ2v) is 7.47. The van der Waals surface area contributed by atoms with E-state index in [0.29, 0.717) is 12.5 Å². The highest BCUT2D eigenvalue weighted by molar-refractivity contribution is 5.98. The number of phenolic OH excluding ortho intramolecular Hbond substituents is 1. The number of hydrogen-bond acceptors (Lipinski definition) is 4. The van der Waals surface area contributed by atoms with Gasteiger partial charge in [0.2, 0.25) is 6.79 Å². The number of aromatic nitrogens is 1. The van der Waals surface area contributed by atoms with Crippen LogP contribution < -0.4 is 9.30 Å². The van der Waals surface area contributed by atoms with E-state index in [1.54, 1.807) is 7.11 Å². The smallest absolute Gasteiger partial charge is 0.231 e. The lowest BCUT2D eigenvalue weighted by molar-refractivity contribution is -0.698. The zero-order valence-electron chi connectivity index (χ0n) is 15.1. The van der Waals surface area contributed by atoms with Gasteiger partial charge in [0.15, 0.2) is 34.4 Å². The highest BCUT2D eigenvalue weighted by Crippen LogP contribution is 2.46. The summed E-state index contributed by atoms with van der Waals surface area (Å²) in [4.78, 5) is 0. The number of aromatic hydroxyl groups is 1. The summed E-state index contributed by atoms with van der Waals surface area (Å²) in [6, 6.07) is 3.93. The van der Waals surface area contributed by atoms with Gasteiger partial charge >= 0.3 is 0 Å². The quantitative estimate of drug-likeness (QED) is 0.791. The van der Waals surface area contributed by atoms with Crippen molar-refractivity contribution in [3.05, 3.63) is 58.8 Å². The minimum atomic E-state index is 0.218. The predicted octanol–water partition coefficient (Wildman–Crippen LogP) is 3.30. The molecule has 0 unspecified atom stereocenters. The summed E-state index contributed by atoms with van der Waals surface area (Å²) in [7, 11) is 1.60. The maximum atomic E-state index is 10.9. The zero-order valence-corrected chi connectivity index (χ0v) is 15.1. The molecule has 2 aliphatic carbocycles. The van der Waals surface area contributed by atoms with E-state index >= 15 is 0 Å². The Hall–Kier alpha value is -2.95. The molecule has 6 rings (SSSR count). The molecule has 0 bridgehead atoms. The molecule has 2 atom stereocenters. The highest BCUT2D eigenvalue weighted by atomic mass is 16.7. The van der Waals surface area contributed by atoms with Crippen molar-refractivity contribution in [2.75, 3.05) is 13.9 Å². The van der Waals surface area contributed by atoms with Gasteiger partial charge in [-0.3, -0.25) is 0 Å². The van der Waals surface area contributed by atoms with Crippen molar-refractivity contribution in [1.82, 2.24) is 0 Å². The molecule has 27 heavy (non-hydrogen) atoms. The lowest BCUT2D eigenvalue weighted by Gasteiger charge is -2.27. The standard InChI is InChI=1S/C22H19NO4/c1-25-17-7-6-13-14-5-4-12-9-18-19(27-11-26-18)10-15(12)21(14)23-8-2-3-16(23)20(13)22(17)24/h4-7,9-10,12,15H,2-3,8,11H2,1H3/p+1/t12-,15-/m1/s1. The van der Waals surface area contributed by atoms with Gasteiger partial charge in [-0.2, -0.15) is 4.57 Å². The van der Waals surface area contributed by atoms with E-state index < -0.39 is 0 Å². The van der Waals surface area contributed by atoms with Crippen molar-refractivity contribution < 1.29 is 23.9 Å². The number of fused-ring (bicyclic) bond motifs is 9. The normalized spacial score (nSPS) is 24.2. The highest BCUT2D eigenvalue weighted by Gasteiger charge is 2.41. The fourth-order valence-corrected chi connectivity index (χ4v) is 5.03. The molecule has 0 saturated carbocycles. The van der Waals surface area contributed by atoms with Crippen molar-refractivity contribution in [1.29, 1.82) is 0 Å². The second-order valence-electron chi connectivity index (χ2n) is 7.47. The van der Waals surface area contributed by atoms with Crippen LogP contribution in [0.4, 0.5) is 0 Å². The molecule has 5 nitrogen and oxygen atoms in total. The van der Waals surface area contributed by atoms with Crippen molar-refractivity contribution in [3.63, 3.8) is 0 Å². The largest absolute Gasteiger partial charge is 0.504 e. The molecular formula is C22H20NO4+. The zero-order chi connectivity index (χ0) is 18.1. The van der Waals surface area contributed by atoms with Crippen LogP contribution in [0, 0.1) is 5.92 Å². The summed E-state index contributed by atoms with van der Waals surface area (Å²) < 4.78 is 19.0. The summed E-state index contributed by atoms with van der Waals surface area (Å²) >= 11 is 0. The van der Waals surface area contributed by atoms with Gasteiger partial charge in [0.1, 0.15) is 6.54 Å². The number of aryl methyl sites for hydroxylation is 1. The van der Waals surface area contributed by atoms with Gasteiger partial charge in [-0.25, -0.2) is 0 Å². The summed E-state index contributed by atoms with van der Waals surface area (Å²) in [5.41, 5.74) is 3.69. The molecule has 1 N–H and O–H groups in total. The Morgan fingerprint density at radius 3 is 2.89 bits per heavy atom. The third kappa shape index (κ3) is 1.91. The molecule has 1 aromatic carbocycles.